The van der Waals surface area contributed by atoms with Gasteiger partial charge in [-0.3, -0.25) is 0 Å². The normalized spacial score (nSPS) is 10.5. The van der Waals surface area contributed by atoms with E-state index in [1.807, 2.05) is 39.0 Å². The van der Waals surface area contributed by atoms with Crippen LogP contribution in [-0.4, -0.2) is 25.5 Å². The minimum Gasteiger partial charge on any atom is -0.434 e. The fraction of sp³-hybridized carbons (Fsp3) is 0.400. The molecule has 0 aliphatic rings. The number of aryl methyl sites for hydroxylation is 2. The van der Waals surface area contributed by atoms with Gasteiger partial charge in [-0.05, 0) is 44.4 Å². The third-order valence-corrected chi connectivity index (χ3v) is 3.62. The zero-order valence-electron chi connectivity index (χ0n) is 15.6. The van der Waals surface area contributed by atoms with Crippen LogP contribution in [0.4, 0.5) is 9.59 Å². The van der Waals surface area contributed by atoms with Crippen LogP contribution >= 0.6 is 0 Å². The number of ether oxygens (including phenoxy) is 4. The van der Waals surface area contributed by atoms with E-state index in [2.05, 4.69) is 0 Å². The standard InChI is InChI=1S/C20H24O6/c1-5-9-23-19(21)25-17-12-14(4)18(26-20(22)24-10-6-2)15-8-7-13(3)11-16(15)17/h7-8,11-12H,5-6,9-10H2,1-4H3. The van der Waals surface area contributed by atoms with Gasteiger partial charge in [0, 0.05) is 10.8 Å². The molecule has 0 N–H and O–H groups in total. The minimum absolute atomic E-state index is 0.291. The monoisotopic (exact) mass is 360 g/mol. The molecule has 0 fully saturated rings. The second-order valence-electron chi connectivity index (χ2n) is 5.97. The summed E-state index contributed by atoms with van der Waals surface area (Å²) in [5, 5.41) is 1.31. The first-order valence-corrected chi connectivity index (χ1v) is 8.69. The summed E-state index contributed by atoms with van der Waals surface area (Å²) < 4.78 is 20.7. The van der Waals surface area contributed by atoms with Crippen LogP contribution in [0.5, 0.6) is 11.5 Å². The molecule has 0 bridgehead atoms. The van der Waals surface area contributed by atoms with Gasteiger partial charge in [-0.25, -0.2) is 9.59 Å². The number of rotatable bonds is 6. The summed E-state index contributed by atoms with van der Waals surface area (Å²) in [7, 11) is 0. The second-order valence-corrected chi connectivity index (χ2v) is 5.97. The molecule has 0 amide bonds. The quantitative estimate of drug-likeness (QED) is 0.514. The Morgan fingerprint density at radius 1 is 0.846 bits per heavy atom. The zero-order chi connectivity index (χ0) is 19.1. The van der Waals surface area contributed by atoms with E-state index in [9.17, 15) is 9.59 Å². The van der Waals surface area contributed by atoms with E-state index in [-0.39, 0.29) is 0 Å². The Morgan fingerprint density at radius 2 is 1.46 bits per heavy atom. The minimum atomic E-state index is -0.759. The fourth-order valence-corrected chi connectivity index (χ4v) is 2.44. The first-order valence-electron chi connectivity index (χ1n) is 8.69. The molecule has 0 aromatic heterocycles. The molecular formula is C20H24O6. The van der Waals surface area contributed by atoms with E-state index in [0.29, 0.717) is 53.9 Å². The van der Waals surface area contributed by atoms with Crippen molar-refractivity contribution in [2.24, 2.45) is 0 Å². The molecule has 2 aromatic carbocycles. The highest BCUT2D eigenvalue weighted by molar-refractivity contribution is 5.97. The van der Waals surface area contributed by atoms with Gasteiger partial charge in [0.15, 0.2) is 0 Å². The summed E-state index contributed by atoms with van der Waals surface area (Å²) in [6.45, 7) is 8.08. The summed E-state index contributed by atoms with van der Waals surface area (Å²) in [6.07, 6.45) is -0.0978. The van der Waals surface area contributed by atoms with Gasteiger partial charge in [0.2, 0.25) is 0 Å². The van der Waals surface area contributed by atoms with E-state index in [4.69, 9.17) is 18.9 Å². The van der Waals surface area contributed by atoms with Crippen LogP contribution in [0.15, 0.2) is 24.3 Å². The SMILES string of the molecule is CCCOC(=O)Oc1cc(C)c(OC(=O)OCCC)c2ccc(C)cc12. The van der Waals surface area contributed by atoms with Crippen molar-refractivity contribution in [1.29, 1.82) is 0 Å². The summed E-state index contributed by atoms with van der Waals surface area (Å²) in [5.74, 6) is 0.743. The molecular weight excluding hydrogens is 336 g/mol. The number of hydrogen-bond acceptors (Lipinski definition) is 6. The molecule has 2 rings (SSSR count). The Kier molecular flexibility index (Phi) is 6.83. The number of benzene rings is 2. The number of carbonyl (C=O) groups is 2. The van der Waals surface area contributed by atoms with Crippen molar-refractivity contribution in [3.05, 3.63) is 35.4 Å². The van der Waals surface area contributed by atoms with Gasteiger partial charge < -0.3 is 18.9 Å². The van der Waals surface area contributed by atoms with Gasteiger partial charge in [-0.1, -0.05) is 31.5 Å². The molecule has 0 spiro atoms. The van der Waals surface area contributed by atoms with Crippen LogP contribution in [-0.2, 0) is 9.47 Å². The van der Waals surface area contributed by atoms with Gasteiger partial charge in [0.25, 0.3) is 0 Å². The Balaban J connectivity index is 2.40. The zero-order valence-corrected chi connectivity index (χ0v) is 15.6. The summed E-state index contributed by atoms with van der Waals surface area (Å²) in [5.41, 5.74) is 1.63. The maximum atomic E-state index is 11.9. The first-order chi connectivity index (χ1) is 12.5. The molecule has 6 nitrogen and oxygen atoms in total. The Labute approximate surface area is 153 Å². The Morgan fingerprint density at radius 3 is 2.08 bits per heavy atom. The lowest BCUT2D eigenvalue weighted by Crippen LogP contribution is -2.13. The van der Waals surface area contributed by atoms with E-state index in [1.165, 1.54) is 0 Å². The van der Waals surface area contributed by atoms with E-state index >= 15 is 0 Å². The van der Waals surface area contributed by atoms with Gasteiger partial charge in [0.1, 0.15) is 11.5 Å². The van der Waals surface area contributed by atoms with Crippen LogP contribution in [0.1, 0.15) is 37.8 Å². The molecule has 0 aliphatic carbocycles. The van der Waals surface area contributed by atoms with E-state index in [1.54, 1.807) is 13.0 Å². The molecule has 0 atom stereocenters. The van der Waals surface area contributed by atoms with Crippen molar-refractivity contribution in [1.82, 2.24) is 0 Å². The number of carbonyl (C=O) groups excluding carboxylic acids is 2. The van der Waals surface area contributed by atoms with Crippen molar-refractivity contribution in [3.63, 3.8) is 0 Å². The van der Waals surface area contributed by atoms with Crippen LogP contribution in [0.2, 0.25) is 0 Å². The molecule has 0 saturated carbocycles. The topological polar surface area (TPSA) is 71.1 Å². The summed E-state index contributed by atoms with van der Waals surface area (Å²) >= 11 is 0. The predicted molar refractivity (Wildman–Crippen MR) is 98.0 cm³/mol. The highest BCUT2D eigenvalue weighted by Gasteiger charge is 2.18. The molecule has 2 aromatic rings. The smallest absolute Gasteiger partial charge is 0.434 e. The molecule has 0 heterocycles. The number of fused-ring (bicyclic) bond motifs is 1. The van der Waals surface area contributed by atoms with Crippen molar-refractivity contribution < 1.29 is 28.5 Å². The van der Waals surface area contributed by atoms with Gasteiger partial charge in [0.05, 0.1) is 13.2 Å². The average molecular weight is 360 g/mol. The maximum absolute atomic E-state index is 11.9. The maximum Gasteiger partial charge on any atom is 0.513 e. The second kappa shape index (κ2) is 9.08. The lowest BCUT2D eigenvalue weighted by molar-refractivity contribution is 0.0975. The molecule has 0 aliphatic heterocycles. The molecule has 6 heteroatoms. The molecule has 0 radical (unpaired) electrons. The fourth-order valence-electron chi connectivity index (χ4n) is 2.44. The molecule has 0 saturated heterocycles. The van der Waals surface area contributed by atoms with Gasteiger partial charge in [-0.15, -0.1) is 0 Å². The first kappa shape index (κ1) is 19.6. The van der Waals surface area contributed by atoms with Crippen molar-refractivity contribution in [3.8, 4) is 11.5 Å². The van der Waals surface area contributed by atoms with Crippen LogP contribution in [0, 0.1) is 13.8 Å². The van der Waals surface area contributed by atoms with Crippen molar-refractivity contribution >= 4 is 23.1 Å². The highest BCUT2D eigenvalue weighted by Crippen LogP contribution is 2.37. The summed E-state index contributed by atoms with van der Waals surface area (Å²) in [6, 6.07) is 7.23. The predicted octanol–water partition coefficient (Wildman–Crippen LogP) is 5.31. The van der Waals surface area contributed by atoms with E-state index < -0.39 is 12.3 Å². The van der Waals surface area contributed by atoms with Crippen LogP contribution in [0.3, 0.4) is 0 Å². The average Bonchev–Trinajstić information content (AvgIpc) is 2.61. The molecule has 0 unspecified atom stereocenters. The third-order valence-electron chi connectivity index (χ3n) is 3.62. The third kappa shape index (κ3) is 4.88. The lowest BCUT2D eigenvalue weighted by Gasteiger charge is -2.15. The van der Waals surface area contributed by atoms with Crippen LogP contribution < -0.4 is 9.47 Å². The number of hydrogen-bond donors (Lipinski definition) is 0. The lowest BCUT2D eigenvalue weighted by atomic mass is 10.0. The Hall–Kier alpha value is -2.76. The van der Waals surface area contributed by atoms with Crippen LogP contribution in [0.25, 0.3) is 10.8 Å². The molecule has 140 valence electrons. The highest BCUT2D eigenvalue weighted by atomic mass is 16.7. The van der Waals surface area contributed by atoms with E-state index in [0.717, 1.165) is 5.56 Å². The Bertz CT molecular complexity index is 796. The largest absolute Gasteiger partial charge is 0.513 e. The van der Waals surface area contributed by atoms with Gasteiger partial charge >= 0.3 is 12.3 Å². The molecule has 26 heavy (non-hydrogen) atoms. The van der Waals surface area contributed by atoms with Crippen molar-refractivity contribution in [2.75, 3.05) is 13.2 Å². The van der Waals surface area contributed by atoms with Crippen molar-refractivity contribution in [2.45, 2.75) is 40.5 Å². The summed E-state index contributed by atoms with van der Waals surface area (Å²) in [4.78, 5) is 23.7. The van der Waals surface area contributed by atoms with Gasteiger partial charge in [-0.2, -0.15) is 0 Å².